The fraction of sp³-hybridized carbons (Fsp3) is 0.667. The highest BCUT2D eigenvalue weighted by Crippen LogP contribution is 1.92. The van der Waals surface area contributed by atoms with Crippen LogP contribution in [0.2, 0.25) is 0 Å². The molecule has 0 saturated carbocycles. The Morgan fingerprint density at radius 3 is 3.00 bits per heavy atom. The number of rotatable bonds is 1. The zero-order chi connectivity index (χ0) is 8.27. The van der Waals surface area contributed by atoms with Gasteiger partial charge in [-0.3, -0.25) is 4.79 Å². The minimum absolute atomic E-state index is 0.00426. The van der Waals surface area contributed by atoms with Gasteiger partial charge in [0.05, 0.1) is 13.7 Å². The molecule has 1 atom stereocenters. The van der Waals surface area contributed by atoms with Crippen molar-refractivity contribution < 1.29 is 14.3 Å². The van der Waals surface area contributed by atoms with Crippen LogP contribution in [0.3, 0.4) is 0 Å². The first-order valence-electron chi connectivity index (χ1n) is 3.32. The molecule has 1 aliphatic rings. The molecular formula is C6H10N2O3. The number of nitrogens with one attached hydrogen (secondary N) is 2. The van der Waals surface area contributed by atoms with Crippen molar-refractivity contribution >= 4 is 11.9 Å². The van der Waals surface area contributed by atoms with Crippen molar-refractivity contribution in [3.05, 3.63) is 0 Å². The second-order valence-corrected chi connectivity index (χ2v) is 2.29. The van der Waals surface area contributed by atoms with Crippen molar-refractivity contribution in [2.75, 3.05) is 20.2 Å². The summed E-state index contributed by atoms with van der Waals surface area (Å²) >= 11 is 0. The van der Waals surface area contributed by atoms with Gasteiger partial charge in [-0.1, -0.05) is 0 Å². The van der Waals surface area contributed by atoms with Crippen LogP contribution in [0.4, 0.5) is 4.79 Å². The van der Waals surface area contributed by atoms with Crippen LogP contribution < -0.4 is 10.6 Å². The molecule has 0 aromatic carbocycles. The summed E-state index contributed by atoms with van der Waals surface area (Å²) in [5, 5.41) is 5.24. The molecule has 0 aliphatic carbocycles. The van der Waals surface area contributed by atoms with Gasteiger partial charge >= 0.3 is 6.09 Å². The molecule has 1 rings (SSSR count). The molecule has 0 bridgehead atoms. The Morgan fingerprint density at radius 2 is 2.55 bits per heavy atom. The van der Waals surface area contributed by atoms with Gasteiger partial charge in [-0.15, -0.1) is 0 Å². The van der Waals surface area contributed by atoms with Gasteiger partial charge in [-0.2, -0.15) is 0 Å². The van der Waals surface area contributed by atoms with Gasteiger partial charge < -0.3 is 15.4 Å². The number of hydrogen-bond acceptors (Lipinski definition) is 4. The number of ether oxygens (including phenoxy) is 1. The van der Waals surface area contributed by atoms with Crippen LogP contribution in [-0.2, 0) is 9.53 Å². The van der Waals surface area contributed by atoms with Gasteiger partial charge in [0.2, 0.25) is 0 Å². The lowest BCUT2D eigenvalue weighted by Gasteiger charge is -2.07. The second kappa shape index (κ2) is 3.34. The molecule has 1 saturated heterocycles. The number of carbonyl (C=O) groups excluding carboxylic acids is 2. The van der Waals surface area contributed by atoms with E-state index in [0.717, 1.165) is 0 Å². The number of ketones is 1. The molecule has 0 aromatic heterocycles. The molecule has 62 valence electrons. The topological polar surface area (TPSA) is 67.4 Å². The SMILES string of the molecule is COC(=O)NC1CNCC1=O. The minimum Gasteiger partial charge on any atom is -0.453 e. The molecule has 1 unspecified atom stereocenters. The van der Waals surface area contributed by atoms with E-state index in [2.05, 4.69) is 15.4 Å². The summed E-state index contributed by atoms with van der Waals surface area (Å²) in [5.41, 5.74) is 0. The normalized spacial score (nSPS) is 23.4. The van der Waals surface area contributed by atoms with Gasteiger partial charge in [0.25, 0.3) is 0 Å². The molecule has 11 heavy (non-hydrogen) atoms. The summed E-state index contributed by atoms with van der Waals surface area (Å²) < 4.78 is 4.33. The maximum atomic E-state index is 10.9. The molecule has 1 heterocycles. The van der Waals surface area contributed by atoms with E-state index >= 15 is 0 Å². The first-order valence-corrected chi connectivity index (χ1v) is 3.32. The van der Waals surface area contributed by atoms with Gasteiger partial charge in [0.15, 0.2) is 5.78 Å². The highest BCUT2D eigenvalue weighted by molar-refractivity contribution is 5.90. The number of carbonyl (C=O) groups is 2. The molecule has 0 aromatic rings. The monoisotopic (exact) mass is 158 g/mol. The zero-order valence-electron chi connectivity index (χ0n) is 6.22. The molecule has 1 aliphatic heterocycles. The molecule has 5 nitrogen and oxygen atoms in total. The van der Waals surface area contributed by atoms with Crippen molar-refractivity contribution in [1.82, 2.24) is 10.6 Å². The van der Waals surface area contributed by atoms with E-state index in [1.165, 1.54) is 7.11 Å². The largest absolute Gasteiger partial charge is 0.453 e. The Kier molecular flexibility index (Phi) is 2.43. The highest BCUT2D eigenvalue weighted by Gasteiger charge is 2.25. The predicted octanol–water partition coefficient (Wildman–Crippen LogP) is -1.12. The Hall–Kier alpha value is -1.10. The van der Waals surface area contributed by atoms with Crippen LogP contribution in [0.5, 0.6) is 0 Å². The summed E-state index contributed by atoms with van der Waals surface area (Å²) in [6.07, 6.45) is -0.563. The van der Waals surface area contributed by atoms with Crippen LogP contribution in [0.1, 0.15) is 0 Å². The third-order valence-electron chi connectivity index (χ3n) is 1.51. The second-order valence-electron chi connectivity index (χ2n) is 2.29. The lowest BCUT2D eigenvalue weighted by Crippen LogP contribution is -2.40. The fourth-order valence-corrected chi connectivity index (χ4v) is 0.909. The van der Waals surface area contributed by atoms with Crippen LogP contribution in [0.15, 0.2) is 0 Å². The van der Waals surface area contributed by atoms with Gasteiger partial charge in [0.1, 0.15) is 6.04 Å². The first-order chi connectivity index (χ1) is 5.24. The highest BCUT2D eigenvalue weighted by atomic mass is 16.5. The Balaban J connectivity index is 2.36. The maximum Gasteiger partial charge on any atom is 0.407 e. The molecule has 0 spiro atoms. The van der Waals surface area contributed by atoms with E-state index in [0.29, 0.717) is 13.1 Å². The number of Topliss-reactive ketones (excluding diaryl/α,β-unsaturated/α-hetero) is 1. The van der Waals surface area contributed by atoms with E-state index in [1.54, 1.807) is 0 Å². The van der Waals surface area contributed by atoms with Gasteiger partial charge in [-0.25, -0.2) is 4.79 Å². The van der Waals surface area contributed by atoms with E-state index in [1.807, 2.05) is 0 Å². The zero-order valence-corrected chi connectivity index (χ0v) is 6.22. The quantitative estimate of drug-likeness (QED) is 0.507. The third kappa shape index (κ3) is 1.91. The average molecular weight is 158 g/mol. The number of amides is 1. The Morgan fingerprint density at radius 1 is 1.82 bits per heavy atom. The minimum atomic E-state index is -0.563. The standard InChI is InChI=1S/C6H10N2O3/c1-11-6(10)8-4-2-7-3-5(4)9/h4,7H,2-3H2,1H3,(H,8,10). The summed E-state index contributed by atoms with van der Waals surface area (Å²) in [5.74, 6) is -0.00426. The van der Waals surface area contributed by atoms with Crippen molar-refractivity contribution in [3.8, 4) is 0 Å². The van der Waals surface area contributed by atoms with E-state index in [4.69, 9.17) is 0 Å². The van der Waals surface area contributed by atoms with Crippen LogP contribution in [-0.4, -0.2) is 38.1 Å². The lowest BCUT2D eigenvalue weighted by molar-refractivity contribution is -0.117. The van der Waals surface area contributed by atoms with Crippen LogP contribution in [0.25, 0.3) is 0 Å². The Bertz CT molecular complexity index is 181. The van der Waals surface area contributed by atoms with Gasteiger partial charge in [-0.05, 0) is 0 Å². The summed E-state index contributed by atoms with van der Waals surface area (Å²) in [6.45, 7) is 0.822. The van der Waals surface area contributed by atoms with Crippen LogP contribution >= 0.6 is 0 Å². The third-order valence-corrected chi connectivity index (χ3v) is 1.51. The first kappa shape index (κ1) is 8.00. The van der Waals surface area contributed by atoms with Crippen molar-refractivity contribution in [2.24, 2.45) is 0 Å². The van der Waals surface area contributed by atoms with E-state index < -0.39 is 12.1 Å². The molecular weight excluding hydrogens is 148 g/mol. The van der Waals surface area contributed by atoms with Crippen molar-refractivity contribution in [2.45, 2.75) is 6.04 Å². The number of methoxy groups -OCH3 is 1. The predicted molar refractivity (Wildman–Crippen MR) is 37.2 cm³/mol. The van der Waals surface area contributed by atoms with Crippen molar-refractivity contribution in [1.29, 1.82) is 0 Å². The molecule has 0 radical (unpaired) electrons. The van der Waals surface area contributed by atoms with Crippen LogP contribution in [0, 0.1) is 0 Å². The number of alkyl carbamates (subject to hydrolysis) is 1. The molecule has 1 amide bonds. The molecule has 1 fully saturated rings. The summed E-state index contributed by atoms with van der Waals surface area (Å²) in [6, 6.07) is -0.414. The molecule has 5 heteroatoms. The average Bonchev–Trinajstić information content (AvgIpc) is 2.37. The smallest absolute Gasteiger partial charge is 0.407 e. The fourth-order valence-electron chi connectivity index (χ4n) is 0.909. The van der Waals surface area contributed by atoms with Crippen molar-refractivity contribution in [3.63, 3.8) is 0 Å². The lowest BCUT2D eigenvalue weighted by atomic mass is 10.2. The summed E-state index contributed by atoms with van der Waals surface area (Å²) in [4.78, 5) is 21.5. The van der Waals surface area contributed by atoms with E-state index in [-0.39, 0.29) is 5.78 Å². The molecule has 2 N–H and O–H groups in total. The Labute approximate surface area is 64.1 Å². The maximum absolute atomic E-state index is 10.9. The van der Waals surface area contributed by atoms with E-state index in [9.17, 15) is 9.59 Å². The summed E-state index contributed by atoms with van der Waals surface area (Å²) in [7, 11) is 1.27. The number of hydrogen-bond donors (Lipinski definition) is 2. The van der Waals surface area contributed by atoms with Gasteiger partial charge in [0, 0.05) is 6.54 Å².